The lowest BCUT2D eigenvalue weighted by Crippen LogP contribution is -2.33. The number of benzene rings is 2. The van der Waals surface area contributed by atoms with Crippen molar-refractivity contribution in [2.45, 2.75) is 6.42 Å². The molecule has 0 spiro atoms. The maximum atomic E-state index is 12.1. The molecule has 0 aliphatic rings. The second kappa shape index (κ2) is 8.15. The van der Waals surface area contributed by atoms with Crippen LogP contribution in [0.3, 0.4) is 0 Å². The number of para-hydroxylation sites is 1. The van der Waals surface area contributed by atoms with Gasteiger partial charge in [0, 0.05) is 18.7 Å². The minimum Gasteiger partial charge on any atom is -0.326 e. The van der Waals surface area contributed by atoms with Gasteiger partial charge < -0.3 is 5.32 Å². The fourth-order valence-electron chi connectivity index (χ4n) is 2.31. The molecule has 0 aliphatic carbocycles. The Hall–Kier alpha value is -3.36. The van der Waals surface area contributed by atoms with E-state index in [1.807, 2.05) is 12.1 Å². The van der Waals surface area contributed by atoms with Crippen molar-refractivity contribution in [3.05, 3.63) is 59.7 Å². The SMILES string of the molecule is CS(=O)(=O)N(CCC(=O)Nc1ccc(C#N)cc1)c1ccccc1C#N. The zero-order valence-electron chi connectivity index (χ0n) is 14.0. The largest absolute Gasteiger partial charge is 0.326 e. The summed E-state index contributed by atoms with van der Waals surface area (Å²) in [5, 5.41) is 20.6. The van der Waals surface area contributed by atoms with Gasteiger partial charge in [-0.05, 0) is 36.4 Å². The van der Waals surface area contributed by atoms with E-state index < -0.39 is 10.0 Å². The standard InChI is InChI=1S/C18H16N4O3S/c1-26(24,25)22(17-5-3-2-4-15(17)13-20)11-10-18(23)21-16-8-6-14(12-19)7-9-16/h2-9H,10-11H2,1H3,(H,21,23). The summed E-state index contributed by atoms with van der Waals surface area (Å²) >= 11 is 0. The molecule has 0 heterocycles. The van der Waals surface area contributed by atoms with Crippen LogP contribution < -0.4 is 9.62 Å². The molecular formula is C18H16N4O3S. The number of nitrogens with zero attached hydrogens (tertiary/aromatic N) is 3. The van der Waals surface area contributed by atoms with Crippen LogP contribution in [0.15, 0.2) is 48.5 Å². The molecule has 7 nitrogen and oxygen atoms in total. The molecule has 0 saturated carbocycles. The van der Waals surface area contributed by atoms with E-state index in [4.69, 9.17) is 5.26 Å². The van der Waals surface area contributed by atoms with Gasteiger partial charge in [0.15, 0.2) is 0 Å². The Morgan fingerprint density at radius 2 is 1.73 bits per heavy atom. The zero-order chi connectivity index (χ0) is 19.2. The highest BCUT2D eigenvalue weighted by atomic mass is 32.2. The van der Waals surface area contributed by atoms with E-state index in [0.29, 0.717) is 11.3 Å². The highest BCUT2D eigenvalue weighted by Crippen LogP contribution is 2.22. The summed E-state index contributed by atoms with van der Waals surface area (Å²) < 4.78 is 25.2. The average molecular weight is 368 g/mol. The number of anilines is 2. The maximum Gasteiger partial charge on any atom is 0.232 e. The molecule has 0 atom stereocenters. The third-order valence-electron chi connectivity index (χ3n) is 3.53. The number of rotatable bonds is 6. The molecule has 26 heavy (non-hydrogen) atoms. The van der Waals surface area contributed by atoms with E-state index >= 15 is 0 Å². The van der Waals surface area contributed by atoms with Crippen LogP contribution in [0.25, 0.3) is 0 Å². The first-order valence-corrected chi connectivity index (χ1v) is 9.47. The molecule has 132 valence electrons. The molecule has 0 fully saturated rings. The first-order valence-electron chi connectivity index (χ1n) is 7.62. The summed E-state index contributed by atoms with van der Waals surface area (Å²) in [6.45, 7) is -0.0976. The molecule has 2 aromatic rings. The molecule has 0 aromatic heterocycles. The van der Waals surface area contributed by atoms with E-state index in [0.717, 1.165) is 10.6 Å². The van der Waals surface area contributed by atoms with Crippen molar-refractivity contribution in [3.8, 4) is 12.1 Å². The summed E-state index contributed by atoms with van der Waals surface area (Å²) in [7, 11) is -3.66. The molecule has 2 rings (SSSR count). The second-order valence-corrected chi connectivity index (χ2v) is 7.36. The van der Waals surface area contributed by atoms with Crippen molar-refractivity contribution in [2.75, 3.05) is 22.4 Å². The quantitative estimate of drug-likeness (QED) is 0.840. The molecule has 1 N–H and O–H groups in total. The van der Waals surface area contributed by atoms with Gasteiger partial charge in [-0.15, -0.1) is 0 Å². The highest BCUT2D eigenvalue weighted by molar-refractivity contribution is 7.92. The number of sulfonamides is 1. The predicted octanol–water partition coefficient (Wildman–Crippen LogP) is 2.22. The Kier molecular flexibility index (Phi) is 5.94. The summed E-state index contributed by atoms with van der Waals surface area (Å²) in [5.74, 6) is -0.377. The number of amides is 1. The van der Waals surface area contributed by atoms with Crippen LogP contribution in [-0.4, -0.2) is 27.1 Å². The Morgan fingerprint density at radius 3 is 2.31 bits per heavy atom. The molecular weight excluding hydrogens is 352 g/mol. The fourth-order valence-corrected chi connectivity index (χ4v) is 3.24. The van der Waals surface area contributed by atoms with Crippen LogP contribution in [0.2, 0.25) is 0 Å². The smallest absolute Gasteiger partial charge is 0.232 e. The van der Waals surface area contributed by atoms with Gasteiger partial charge in [-0.2, -0.15) is 10.5 Å². The van der Waals surface area contributed by atoms with Crippen LogP contribution in [0.1, 0.15) is 17.5 Å². The number of hydrogen-bond donors (Lipinski definition) is 1. The van der Waals surface area contributed by atoms with Gasteiger partial charge in [0.25, 0.3) is 0 Å². The van der Waals surface area contributed by atoms with Crippen molar-refractivity contribution >= 4 is 27.3 Å². The molecule has 1 amide bonds. The van der Waals surface area contributed by atoms with Crippen molar-refractivity contribution in [2.24, 2.45) is 0 Å². The first kappa shape index (κ1) is 19.0. The van der Waals surface area contributed by atoms with Gasteiger partial charge in [-0.3, -0.25) is 9.10 Å². The van der Waals surface area contributed by atoms with Gasteiger partial charge in [-0.1, -0.05) is 12.1 Å². The molecule has 0 saturated heterocycles. The fraction of sp³-hybridized carbons (Fsp3) is 0.167. The summed E-state index contributed by atoms with van der Waals surface area (Å²) in [6, 6.07) is 16.6. The maximum absolute atomic E-state index is 12.1. The van der Waals surface area contributed by atoms with E-state index in [1.54, 1.807) is 36.4 Å². The van der Waals surface area contributed by atoms with Crippen LogP contribution in [0.4, 0.5) is 11.4 Å². The Bertz CT molecular complexity index is 986. The Balaban J connectivity index is 2.11. The average Bonchev–Trinajstić information content (AvgIpc) is 2.61. The minimum atomic E-state index is -3.66. The molecule has 0 radical (unpaired) electrons. The molecule has 0 bridgehead atoms. The number of hydrogen-bond acceptors (Lipinski definition) is 5. The third kappa shape index (κ3) is 4.82. The summed E-state index contributed by atoms with van der Waals surface area (Å²) in [6.07, 6.45) is 0.937. The number of carbonyl (C=O) groups excluding carboxylic acids is 1. The lowest BCUT2D eigenvalue weighted by Gasteiger charge is -2.23. The summed E-state index contributed by atoms with van der Waals surface area (Å²) in [5.41, 5.74) is 1.44. The van der Waals surface area contributed by atoms with Gasteiger partial charge in [0.2, 0.25) is 15.9 Å². The Labute approximate surface area is 152 Å². The van der Waals surface area contributed by atoms with Gasteiger partial charge in [0.05, 0.1) is 29.1 Å². The lowest BCUT2D eigenvalue weighted by atomic mass is 10.2. The third-order valence-corrected chi connectivity index (χ3v) is 4.71. The first-order chi connectivity index (χ1) is 12.3. The van der Waals surface area contributed by atoms with Gasteiger partial charge >= 0.3 is 0 Å². The topological polar surface area (TPSA) is 114 Å². The van der Waals surface area contributed by atoms with Gasteiger partial charge in [-0.25, -0.2) is 8.42 Å². The molecule has 8 heteroatoms. The van der Waals surface area contributed by atoms with Crippen LogP contribution >= 0.6 is 0 Å². The predicted molar refractivity (Wildman–Crippen MR) is 97.8 cm³/mol. The Morgan fingerprint density at radius 1 is 1.08 bits per heavy atom. The monoisotopic (exact) mass is 368 g/mol. The van der Waals surface area contributed by atoms with E-state index in [2.05, 4.69) is 5.32 Å². The lowest BCUT2D eigenvalue weighted by molar-refractivity contribution is -0.116. The van der Waals surface area contributed by atoms with E-state index in [-0.39, 0.29) is 30.1 Å². The normalized spacial score (nSPS) is 10.4. The van der Waals surface area contributed by atoms with Crippen LogP contribution in [0.5, 0.6) is 0 Å². The number of carbonyl (C=O) groups is 1. The molecule has 2 aromatic carbocycles. The zero-order valence-corrected chi connectivity index (χ0v) is 14.8. The molecule has 0 aliphatic heterocycles. The van der Waals surface area contributed by atoms with Crippen molar-refractivity contribution in [1.82, 2.24) is 0 Å². The van der Waals surface area contributed by atoms with Crippen molar-refractivity contribution < 1.29 is 13.2 Å². The van der Waals surface area contributed by atoms with Crippen LogP contribution in [0, 0.1) is 22.7 Å². The summed E-state index contributed by atoms with van der Waals surface area (Å²) in [4.78, 5) is 12.1. The van der Waals surface area contributed by atoms with Crippen molar-refractivity contribution in [3.63, 3.8) is 0 Å². The van der Waals surface area contributed by atoms with E-state index in [9.17, 15) is 18.5 Å². The van der Waals surface area contributed by atoms with Gasteiger partial charge in [0.1, 0.15) is 6.07 Å². The molecule has 0 unspecified atom stereocenters. The highest BCUT2D eigenvalue weighted by Gasteiger charge is 2.21. The number of nitriles is 2. The van der Waals surface area contributed by atoms with E-state index in [1.165, 1.54) is 12.1 Å². The number of nitrogens with one attached hydrogen (secondary N) is 1. The minimum absolute atomic E-state index is 0.0904. The second-order valence-electron chi connectivity index (χ2n) is 5.45. The van der Waals surface area contributed by atoms with Crippen molar-refractivity contribution in [1.29, 1.82) is 10.5 Å². The van der Waals surface area contributed by atoms with Crippen LogP contribution in [-0.2, 0) is 14.8 Å².